The minimum atomic E-state index is -0.490. The van der Waals surface area contributed by atoms with Crippen molar-refractivity contribution in [3.8, 4) is 17.1 Å². The molecule has 2 fully saturated rings. The summed E-state index contributed by atoms with van der Waals surface area (Å²) in [5.74, 6) is 2.04. The predicted molar refractivity (Wildman–Crippen MR) is 134 cm³/mol. The fourth-order valence-corrected chi connectivity index (χ4v) is 5.15. The predicted octanol–water partition coefficient (Wildman–Crippen LogP) is 4.19. The second-order valence-electron chi connectivity index (χ2n) is 9.74. The molecule has 0 aliphatic carbocycles. The highest BCUT2D eigenvalue weighted by Gasteiger charge is 2.25. The number of carbonyl (C=O) groups excluding carboxylic acids is 1. The Hall–Kier alpha value is -3.40. The van der Waals surface area contributed by atoms with Crippen LogP contribution < -0.4 is 15.0 Å². The highest BCUT2D eigenvalue weighted by atomic mass is 16.5. The van der Waals surface area contributed by atoms with Gasteiger partial charge >= 0.3 is 6.09 Å². The number of hydrogen-bond acceptors (Lipinski definition) is 8. The zero-order valence-electron chi connectivity index (χ0n) is 20.6. The zero-order valence-corrected chi connectivity index (χ0v) is 20.6. The van der Waals surface area contributed by atoms with Crippen molar-refractivity contribution >= 4 is 22.8 Å². The van der Waals surface area contributed by atoms with Crippen molar-refractivity contribution in [1.29, 1.82) is 0 Å². The molecule has 2 aromatic heterocycles. The van der Waals surface area contributed by atoms with Crippen molar-refractivity contribution in [1.82, 2.24) is 25.1 Å². The number of amides is 1. The van der Waals surface area contributed by atoms with Crippen LogP contribution in [-0.2, 0) is 16.1 Å². The van der Waals surface area contributed by atoms with Gasteiger partial charge in [0.1, 0.15) is 17.3 Å². The van der Waals surface area contributed by atoms with Crippen LogP contribution in [0.5, 0.6) is 5.75 Å². The van der Waals surface area contributed by atoms with Gasteiger partial charge in [-0.1, -0.05) is 0 Å². The minimum absolute atomic E-state index is 0.0117. The lowest BCUT2D eigenvalue weighted by Crippen LogP contribution is -2.28. The van der Waals surface area contributed by atoms with Crippen molar-refractivity contribution in [3.05, 3.63) is 30.1 Å². The number of benzene rings is 1. The van der Waals surface area contributed by atoms with E-state index in [0.29, 0.717) is 24.5 Å². The average Bonchev–Trinajstić information content (AvgIpc) is 3.56. The van der Waals surface area contributed by atoms with Gasteiger partial charge in [-0.05, 0) is 57.2 Å². The second-order valence-corrected chi connectivity index (χ2v) is 9.74. The molecule has 0 saturated carbocycles. The summed E-state index contributed by atoms with van der Waals surface area (Å²) in [6, 6.07) is 8.07. The first-order valence-corrected chi connectivity index (χ1v) is 13.0. The number of anilines is 1. The van der Waals surface area contributed by atoms with E-state index in [9.17, 15) is 4.79 Å². The van der Waals surface area contributed by atoms with Gasteiger partial charge in [0.15, 0.2) is 18.7 Å². The molecule has 0 spiro atoms. The van der Waals surface area contributed by atoms with Gasteiger partial charge in [-0.3, -0.25) is 0 Å². The largest absolute Gasteiger partial charge is 0.491 e. The molecule has 190 valence electrons. The molecule has 0 radical (unpaired) electrons. The van der Waals surface area contributed by atoms with Gasteiger partial charge in [0.2, 0.25) is 0 Å². The van der Waals surface area contributed by atoms with Gasteiger partial charge in [-0.2, -0.15) is 5.10 Å². The Bertz CT molecular complexity index is 1250. The Morgan fingerprint density at radius 1 is 1.06 bits per heavy atom. The van der Waals surface area contributed by atoms with E-state index < -0.39 is 6.09 Å². The highest BCUT2D eigenvalue weighted by Crippen LogP contribution is 2.35. The fourth-order valence-electron chi connectivity index (χ4n) is 5.15. The summed E-state index contributed by atoms with van der Waals surface area (Å²) in [5, 5.41) is 8.79. The number of hydrogen-bond donors (Lipinski definition) is 1. The van der Waals surface area contributed by atoms with Gasteiger partial charge in [0.25, 0.3) is 0 Å². The van der Waals surface area contributed by atoms with Crippen LogP contribution >= 0.6 is 0 Å². The summed E-state index contributed by atoms with van der Waals surface area (Å²) in [4.78, 5) is 24.1. The molecule has 4 bridgehead atoms. The van der Waals surface area contributed by atoms with Crippen molar-refractivity contribution in [2.75, 3.05) is 31.1 Å². The first kappa shape index (κ1) is 23.0. The highest BCUT2D eigenvalue weighted by molar-refractivity contribution is 5.94. The van der Waals surface area contributed by atoms with E-state index in [1.54, 1.807) is 0 Å². The molecule has 1 aromatic carbocycles. The summed E-state index contributed by atoms with van der Waals surface area (Å²) < 4.78 is 19.7. The number of rotatable bonds is 2. The maximum absolute atomic E-state index is 12.3. The van der Waals surface area contributed by atoms with Gasteiger partial charge in [0, 0.05) is 44.1 Å². The monoisotopic (exact) mass is 492 g/mol. The summed E-state index contributed by atoms with van der Waals surface area (Å²) in [7, 11) is 0. The minimum Gasteiger partial charge on any atom is -0.491 e. The SMILES string of the molecule is CC1CCNC(=O)OCc2nc(cc(N3CCCC3)n2)-c2nn(C3CCCCO3)c3ccc(cc23)O1. The van der Waals surface area contributed by atoms with Crippen LogP contribution in [0.3, 0.4) is 0 Å². The molecule has 10 nitrogen and oxygen atoms in total. The summed E-state index contributed by atoms with van der Waals surface area (Å²) in [6.45, 7) is 5.05. The van der Waals surface area contributed by atoms with Crippen molar-refractivity contribution < 1.29 is 19.0 Å². The van der Waals surface area contributed by atoms with Gasteiger partial charge in [-0.25, -0.2) is 19.4 Å². The molecular weight excluding hydrogens is 460 g/mol. The molecule has 36 heavy (non-hydrogen) atoms. The van der Waals surface area contributed by atoms with E-state index in [1.165, 1.54) is 0 Å². The number of alkyl carbamates (subject to hydrolysis) is 1. The van der Waals surface area contributed by atoms with E-state index in [0.717, 1.165) is 80.0 Å². The third-order valence-corrected chi connectivity index (χ3v) is 7.03. The third kappa shape index (κ3) is 4.69. The van der Waals surface area contributed by atoms with Gasteiger partial charge in [-0.15, -0.1) is 0 Å². The quantitative estimate of drug-likeness (QED) is 0.568. The van der Waals surface area contributed by atoms with Crippen LogP contribution in [0.1, 0.15) is 57.5 Å². The molecule has 2 saturated heterocycles. The molecule has 3 aliphatic heterocycles. The lowest BCUT2D eigenvalue weighted by Gasteiger charge is -2.23. The number of nitrogens with one attached hydrogen (secondary N) is 1. The molecule has 2 unspecified atom stereocenters. The Morgan fingerprint density at radius 3 is 2.78 bits per heavy atom. The molecular formula is C26H32N6O4. The van der Waals surface area contributed by atoms with E-state index in [1.807, 2.05) is 29.8 Å². The van der Waals surface area contributed by atoms with Gasteiger partial charge in [0.05, 0.1) is 17.3 Å². The normalized spacial score (nSPS) is 23.0. The summed E-state index contributed by atoms with van der Waals surface area (Å²) in [5.41, 5.74) is 2.43. The Kier molecular flexibility index (Phi) is 6.35. The molecule has 1 amide bonds. The molecule has 5 heterocycles. The van der Waals surface area contributed by atoms with Crippen molar-refractivity contribution in [2.45, 2.75) is 64.4 Å². The number of fused-ring (bicyclic) bond motifs is 4. The van der Waals surface area contributed by atoms with Crippen LogP contribution in [0.4, 0.5) is 10.6 Å². The number of aromatic nitrogens is 4. The number of nitrogens with zero attached hydrogens (tertiary/aromatic N) is 5. The van der Waals surface area contributed by atoms with E-state index >= 15 is 0 Å². The van der Waals surface area contributed by atoms with Crippen LogP contribution in [0.15, 0.2) is 24.3 Å². The van der Waals surface area contributed by atoms with Crippen LogP contribution in [0.2, 0.25) is 0 Å². The first-order valence-electron chi connectivity index (χ1n) is 13.0. The molecule has 6 rings (SSSR count). The lowest BCUT2D eigenvalue weighted by molar-refractivity contribution is -0.0365. The Labute approximate surface area is 209 Å². The molecule has 10 heteroatoms. The Morgan fingerprint density at radius 2 is 1.94 bits per heavy atom. The molecule has 3 aliphatic rings. The fraction of sp³-hybridized carbons (Fsp3) is 0.538. The van der Waals surface area contributed by atoms with E-state index in [-0.39, 0.29) is 18.9 Å². The smallest absolute Gasteiger partial charge is 0.407 e. The number of ether oxygens (including phenoxy) is 3. The second kappa shape index (κ2) is 9.93. The van der Waals surface area contributed by atoms with Crippen LogP contribution in [-0.4, -0.2) is 58.2 Å². The Balaban J connectivity index is 1.51. The molecule has 1 N–H and O–H groups in total. The zero-order chi connectivity index (χ0) is 24.5. The topological polar surface area (TPSA) is 104 Å². The number of carbonyl (C=O) groups is 1. The average molecular weight is 493 g/mol. The summed E-state index contributed by atoms with van der Waals surface area (Å²) in [6.07, 6.45) is 5.31. The lowest BCUT2D eigenvalue weighted by atomic mass is 10.1. The van der Waals surface area contributed by atoms with E-state index in [2.05, 4.69) is 16.3 Å². The van der Waals surface area contributed by atoms with Crippen LogP contribution in [0, 0.1) is 0 Å². The molecule has 3 aromatic rings. The van der Waals surface area contributed by atoms with Gasteiger partial charge < -0.3 is 24.4 Å². The standard InChI is InChI=1S/C26H32N6O4/c1-17-9-10-27-26(33)35-16-22-28-20(15-23(29-22)31-11-3-4-12-31)25-19-14-18(36-17)7-8-21(19)32(30-25)24-6-2-5-13-34-24/h7-8,14-15,17,24H,2-6,9-13,16H2,1H3,(H,27,33). The van der Waals surface area contributed by atoms with Crippen LogP contribution in [0.25, 0.3) is 22.3 Å². The molecule has 2 atom stereocenters. The first-order chi connectivity index (χ1) is 17.6. The van der Waals surface area contributed by atoms with Crippen molar-refractivity contribution in [2.24, 2.45) is 0 Å². The maximum atomic E-state index is 12.3. The third-order valence-electron chi connectivity index (χ3n) is 7.03. The maximum Gasteiger partial charge on any atom is 0.407 e. The summed E-state index contributed by atoms with van der Waals surface area (Å²) >= 11 is 0. The number of cyclic esters (lactones) is 1. The van der Waals surface area contributed by atoms with E-state index in [4.69, 9.17) is 29.3 Å². The van der Waals surface area contributed by atoms with Crippen molar-refractivity contribution in [3.63, 3.8) is 0 Å².